The van der Waals surface area contributed by atoms with Crippen LogP contribution >= 0.6 is 0 Å². The molecule has 1 aliphatic heterocycles. The summed E-state index contributed by atoms with van der Waals surface area (Å²) in [5.41, 5.74) is 0.227. The number of alkyl halides is 3. The van der Waals surface area contributed by atoms with E-state index < -0.39 is 28.2 Å². The molecule has 0 saturated carbocycles. The van der Waals surface area contributed by atoms with E-state index in [1.807, 2.05) is 0 Å². The average Bonchev–Trinajstić information content (AvgIpc) is 2.43. The van der Waals surface area contributed by atoms with Crippen molar-refractivity contribution in [1.29, 1.82) is 0 Å². The number of carbonyl (C=O) groups is 1. The number of benzene rings is 1. The second-order valence-corrected chi connectivity index (χ2v) is 6.39. The summed E-state index contributed by atoms with van der Waals surface area (Å²) in [5.74, 6) is -1.08. The Morgan fingerprint density at radius 2 is 1.83 bits per heavy atom. The minimum absolute atomic E-state index is 0.00243. The van der Waals surface area contributed by atoms with Gasteiger partial charge in [0.05, 0.1) is 11.3 Å². The van der Waals surface area contributed by atoms with Crippen LogP contribution < -0.4 is 10.1 Å². The molecule has 7 nitrogen and oxygen atoms in total. The van der Waals surface area contributed by atoms with Gasteiger partial charge in [-0.2, -0.15) is 8.42 Å². The molecule has 130 valence electrons. The Hall–Kier alpha value is -2.56. The predicted octanol–water partition coefficient (Wildman–Crippen LogP) is 2.06. The molecule has 0 atom stereocenters. The first-order valence-corrected chi connectivity index (χ1v) is 7.81. The fraction of sp³-hybridized carbons (Fsp3) is 0.231. The zero-order valence-electron chi connectivity index (χ0n) is 12.5. The molecule has 0 radical (unpaired) electrons. The second-order valence-electron chi connectivity index (χ2n) is 4.74. The highest BCUT2D eigenvalue weighted by atomic mass is 32.2. The fourth-order valence-electron chi connectivity index (χ4n) is 1.79. The van der Waals surface area contributed by atoms with Crippen LogP contribution in [0.4, 0.5) is 18.9 Å². The summed E-state index contributed by atoms with van der Waals surface area (Å²) in [6.45, 7) is 1.36. The third-order valence-electron chi connectivity index (χ3n) is 2.91. The quantitative estimate of drug-likeness (QED) is 0.890. The third kappa shape index (κ3) is 4.25. The molecule has 0 aliphatic carbocycles. The number of anilines is 1. The summed E-state index contributed by atoms with van der Waals surface area (Å²) >= 11 is 0. The van der Waals surface area contributed by atoms with Gasteiger partial charge in [-0.05, 0) is 31.2 Å². The van der Waals surface area contributed by atoms with Crippen molar-refractivity contribution in [2.75, 3.05) is 12.4 Å². The summed E-state index contributed by atoms with van der Waals surface area (Å²) in [5, 5.41) is 2.43. The normalized spacial score (nSPS) is 17.0. The van der Waals surface area contributed by atoms with Crippen LogP contribution in [-0.2, 0) is 15.0 Å². The van der Waals surface area contributed by atoms with Crippen molar-refractivity contribution < 1.29 is 31.1 Å². The van der Waals surface area contributed by atoms with Gasteiger partial charge >= 0.3 is 16.6 Å². The topological polar surface area (TPSA) is 88.1 Å². The standard InChI is InChI=1S/C13H12F3N3O4S/c1-8-11(7-19(2)24(21,22)18-8)12(20)17-9-3-5-10(6-4-9)23-13(14,15)16/h3-7H,1-2H3,(H,17,20). The molecule has 0 saturated heterocycles. The fourth-order valence-corrected chi connectivity index (χ4v) is 2.60. The Bertz CT molecular complexity index is 814. The maximum atomic E-state index is 12.2. The molecule has 1 amide bonds. The van der Waals surface area contributed by atoms with E-state index in [0.29, 0.717) is 0 Å². The van der Waals surface area contributed by atoms with Crippen molar-refractivity contribution in [3.05, 3.63) is 36.0 Å². The first kappa shape index (κ1) is 17.8. The van der Waals surface area contributed by atoms with E-state index in [1.54, 1.807) is 0 Å². The molecule has 2 rings (SSSR count). The second kappa shape index (κ2) is 6.15. The molecule has 0 bridgehead atoms. The van der Waals surface area contributed by atoms with Crippen LogP contribution in [0.2, 0.25) is 0 Å². The molecule has 0 aromatic heterocycles. The minimum atomic E-state index is -4.80. The first-order valence-electron chi connectivity index (χ1n) is 6.42. The maximum absolute atomic E-state index is 12.2. The third-order valence-corrected chi connectivity index (χ3v) is 4.25. The number of hydrogen-bond acceptors (Lipinski definition) is 4. The number of rotatable bonds is 3. The Morgan fingerprint density at radius 3 is 2.38 bits per heavy atom. The van der Waals surface area contributed by atoms with Crippen molar-refractivity contribution in [3.63, 3.8) is 0 Å². The van der Waals surface area contributed by atoms with Crippen molar-refractivity contribution in [2.24, 2.45) is 4.40 Å². The van der Waals surface area contributed by atoms with Crippen molar-refractivity contribution in [1.82, 2.24) is 4.31 Å². The molecule has 1 aromatic carbocycles. The molecule has 1 aromatic rings. The highest BCUT2D eigenvalue weighted by Gasteiger charge is 2.31. The molecule has 0 fully saturated rings. The van der Waals surface area contributed by atoms with E-state index in [4.69, 9.17) is 0 Å². The van der Waals surface area contributed by atoms with Gasteiger partial charge in [-0.1, -0.05) is 0 Å². The first-order chi connectivity index (χ1) is 11.0. The Labute approximate surface area is 135 Å². The van der Waals surface area contributed by atoms with Gasteiger partial charge in [0.1, 0.15) is 5.75 Å². The van der Waals surface area contributed by atoms with Gasteiger partial charge in [0.2, 0.25) is 0 Å². The number of carbonyl (C=O) groups excluding carboxylic acids is 1. The van der Waals surface area contributed by atoms with Gasteiger partial charge in [-0.15, -0.1) is 17.6 Å². The lowest BCUT2D eigenvalue weighted by atomic mass is 10.1. The van der Waals surface area contributed by atoms with Crippen molar-refractivity contribution >= 4 is 27.5 Å². The number of nitrogens with one attached hydrogen (secondary N) is 1. The van der Waals surface area contributed by atoms with Crippen molar-refractivity contribution in [2.45, 2.75) is 13.3 Å². The Morgan fingerprint density at radius 1 is 1.25 bits per heavy atom. The molecular formula is C13H12F3N3O4S. The summed E-state index contributed by atoms with van der Waals surface area (Å²) in [7, 11) is -2.61. The van der Waals surface area contributed by atoms with Gasteiger partial charge in [0.15, 0.2) is 0 Å². The van der Waals surface area contributed by atoms with Crippen LogP contribution in [0.1, 0.15) is 6.92 Å². The molecule has 24 heavy (non-hydrogen) atoms. The lowest BCUT2D eigenvalue weighted by Gasteiger charge is -2.19. The van der Waals surface area contributed by atoms with Gasteiger partial charge in [0, 0.05) is 18.9 Å². The maximum Gasteiger partial charge on any atom is 0.573 e. The van der Waals surface area contributed by atoms with E-state index in [2.05, 4.69) is 14.5 Å². The number of hydrogen-bond donors (Lipinski definition) is 1. The molecule has 0 spiro atoms. The van der Waals surface area contributed by atoms with Crippen LogP contribution in [0.15, 0.2) is 40.4 Å². The summed E-state index contributed by atoms with van der Waals surface area (Å²) in [4.78, 5) is 12.2. The van der Waals surface area contributed by atoms with Gasteiger partial charge in [0.25, 0.3) is 5.91 Å². The predicted molar refractivity (Wildman–Crippen MR) is 79.6 cm³/mol. The van der Waals surface area contributed by atoms with Crippen LogP contribution in [0, 0.1) is 0 Å². The summed E-state index contributed by atoms with van der Waals surface area (Å²) < 4.78 is 67.2. The van der Waals surface area contributed by atoms with Gasteiger partial charge in [-0.25, -0.2) is 0 Å². The zero-order chi connectivity index (χ0) is 18.1. The molecule has 11 heteroatoms. The minimum Gasteiger partial charge on any atom is -0.406 e. The highest BCUT2D eigenvalue weighted by molar-refractivity contribution is 7.88. The van der Waals surface area contributed by atoms with E-state index >= 15 is 0 Å². The molecule has 1 heterocycles. The van der Waals surface area contributed by atoms with E-state index in [1.165, 1.54) is 26.1 Å². The van der Waals surface area contributed by atoms with Crippen molar-refractivity contribution in [3.8, 4) is 5.75 Å². The summed E-state index contributed by atoms with van der Waals surface area (Å²) in [6, 6.07) is 4.51. The molecule has 1 aliphatic rings. The number of ether oxygens (including phenoxy) is 1. The van der Waals surface area contributed by atoms with Crippen LogP contribution in [0.25, 0.3) is 0 Å². The van der Waals surface area contributed by atoms with E-state index in [0.717, 1.165) is 22.6 Å². The number of nitrogens with zero attached hydrogens (tertiary/aromatic N) is 2. The van der Waals surface area contributed by atoms with Gasteiger partial charge in [-0.3, -0.25) is 9.10 Å². The molecular weight excluding hydrogens is 351 g/mol. The zero-order valence-corrected chi connectivity index (χ0v) is 13.3. The largest absolute Gasteiger partial charge is 0.573 e. The van der Waals surface area contributed by atoms with Crippen LogP contribution in [-0.4, -0.2) is 37.8 Å². The average molecular weight is 363 g/mol. The van der Waals surface area contributed by atoms with Crippen LogP contribution in [0.5, 0.6) is 5.75 Å². The highest BCUT2D eigenvalue weighted by Crippen LogP contribution is 2.24. The Balaban J connectivity index is 2.12. The lowest BCUT2D eigenvalue weighted by Crippen LogP contribution is -2.30. The molecule has 0 unspecified atom stereocenters. The number of halogens is 3. The lowest BCUT2D eigenvalue weighted by molar-refractivity contribution is -0.274. The number of amides is 1. The molecule has 1 N–H and O–H groups in total. The van der Waals surface area contributed by atoms with Gasteiger partial charge < -0.3 is 10.1 Å². The Kier molecular flexibility index (Phi) is 4.56. The SMILES string of the molecule is CC1=NS(=O)(=O)N(C)C=C1C(=O)Nc1ccc(OC(F)(F)F)cc1. The van der Waals surface area contributed by atoms with E-state index in [9.17, 15) is 26.4 Å². The smallest absolute Gasteiger partial charge is 0.406 e. The van der Waals surface area contributed by atoms with Crippen LogP contribution in [0.3, 0.4) is 0 Å². The van der Waals surface area contributed by atoms with E-state index in [-0.39, 0.29) is 17.0 Å². The monoisotopic (exact) mass is 363 g/mol. The summed E-state index contributed by atoms with van der Waals surface area (Å²) in [6.07, 6.45) is -3.70.